The standard InChI is InChI=1S/C20H22N2O4S/c1-14-9-10-17(11-15(14)2)27(25,26)21(3)18-12-19(23)22(20(18)24)13-16-7-5-4-6-8-16/h4-11,18H,12-13H2,1-3H3/t18-/m0/s1. The number of sulfonamides is 1. The zero-order chi connectivity index (χ0) is 19.8. The topological polar surface area (TPSA) is 74.8 Å². The normalized spacial score (nSPS) is 17.8. The van der Waals surface area contributed by atoms with E-state index in [0.717, 1.165) is 25.9 Å². The Hall–Kier alpha value is -2.51. The monoisotopic (exact) mass is 386 g/mol. The summed E-state index contributed by atoms with van der Waals surface area (Å²) in [5, 5.41) is 0. The van der Waals surface area contributed by atoms with Gasteiger partial charge in [-0.2, -0.15) is 4.31 Å². The van der Waals surface area contributed by atoms with Gasteiger partial charge in [0.25, 0.3) is 0 Å². The van der Waals surface area contributed by atoms with Gasteiger partial charge >= 0.3 is 0 Å². The molecule has 0 aromatic heterocycles. The Bertz CT molecular complexity index is 986. The maximum Gasteiger partial charge on any atom is 0.248 e. The van der Waals surface area contributed by atoms with Crippen molar-refractivity contribution < 1.29 is 18.0 Å². The van der Waals surface area contributed by atoms with Gasteiger partial charge in [0, 0.05) is 7.05 Å². The number of carbonyl (C=O) groups is 2. The van der Waals surface area contributed by atoms with Gasteiger partial charge in [-0.05, 0) is 42.7 Å². The zero-order valence-electron chi connectivity index (χ0n) is 15.5. The molecule has 0 bridgehead atoms. The Morgan fingerprint density at radius 2 is 1.70 bits per heavy atom. The SMILES string of the molecule is Cc1ccc(S(=O)(=O)N(C)[C@H]2CC(=O)N(Cc3ccccc3)C2=O)cc1C. The van der Waals surface area contributed by atoms with Gasteiger partial charge in [-0.1, -0.05) is 36.4 Å². The third-order valence-corrected chi connectivity index (χ3v) is 6.86. The van der Waals surface area contributed by atoms with Crippen LogP contribution in [0.3, 0.4) is 0 Å². The lowest BCUT2D eigenvalue weighted by atomic mass is 10.1. The molecule has 1 fully saturated rings. The van der Waals surface area contributed by atoms with Crippen LogP contribution in [0.4, 0.5) is 0 Å². The number of rotatable bonds is 5. The van der Waals surface area contributed by atoms with Gasteiger partial charge < -0.3 is 0 Å². The second kappa shape index (κ2) is 7.25. The van der Waals surface area contributed by atoms with Crippen LogP contribution in [0.15, 0.2) is 53.4 Å². The first kappa shape index (κ1) is 19.3. The number of carbonyl (C=O) groups excluding carboxylic acids is 2. The zero-order valence-corrected chi connectivity index (χ0v) is 16.4. The molecule has 0 saturated carbocycles. The van der Waals surface area contributed by atoms with Crippen molar-refractivity contribution in [2.24, 2.45) is 0 Å². The van der Waals surface area contributed by atoms with E-state index in [-0.39, 0.29) is 23.8 Å². The smallest absolute Gasteiger partial charge is 0.248 e. The van der Waals surface area contributed by atoms with Crippen LogP contribution in [0, 0.1) is 13.8 Å². The largest absolute Gasteiger partial charge is 0.277 e. The quantitative estimate of drug-likeness (QED) is 0.739. The minimum atomic E-state index is -3.88. The van der Waals surface area contributed by atoms with Gasteiger partial charge in [-0.25, -0.2) is 8.42 Å². The van der Waals surface area contributed by atoms with Crippen molar-refractivity contribution >= 4 is 21.8 Å². The van der Waals surface area contributed by atoms with E-state index in [1.807, 2.05) is 44.2 Å². The number of likely N-dealkylation sites (N-methyl/N-ethyl adjacent to an activating group) is 1. The third-order valence-electron chi connectivity index (χ3n) is 5.00. The van der Waals surface area contributed by atoms with E-state index < -0.39 is 22.0 Å². The third kappa shape index (κ3) is 3.65. The summed E-state index contributed by atoms with van der Waals surface area (Å²) in [6.07, 6.45) is -0.147. The van der Waals surface area contributed by atoms with E-state index in [1.165, 1.54) is 13.1 Å². The van der Waals surface area contributed by atoms with Crippen LogP contribution in [0.25, 0.3) is 0 Å². The van der Waals surface area contributed by atoms with Crippen molar-refractivity contribution in [2.45, 2.75) is 37.8 Å². The summed E-state index contributed by atoms with van der Waals surface area (Å²) in [4.78, 5) is 26.4. The molecule has 0 spiro atoms. The second-order valence-electron chi connectivity index (χ2n) is 6.79. The van der Waals surface area contributed by atoms with E-state index in [2.05, 4.69) is 0 Å². The van der Waals surface area contributed by atoms with E-state index >= 15 is 0 Å². The molecular weight excluding hydrogens is 364 g/mol. The summed E-state index contributed by atoms with van der Waals surface area (Å²) in [6.45, 7) is 3.88. The first-order valence-electron chi connectivity index (χ1n) is 8.65. The van der Waals surface area contributed by atoms with Crippen molar-refractivity contribution in [3.8, 4) is 0 Å². The van der Waals surface area contributed by atoms with Crippen LogP contribution in [0.5, 0.6) is 0 Å². The van der Waals surface area contributed by atoms with Crippen LogP contribution in [0.2, 0.25) is 0 Å². The van der Waals surface area contributed by atoms with Crippen molar-refractivity contribution in [1.29, 1.82) is 0 Å². The molecule has 1 aliphatic rings. The van der Waals surface area contributed by atoms with Crippen LogP contribution < -0.4 is 0 Å². The Labute approximate surface area is 159 Å². The molecule has 7 heteroatoms. The van der Waals surface area contributed by atoms with Gasteiger partial charge in [0.2, 0.25) is 21.8 Å². The Kier molecular flexibility index (Phi) is 5.17. The number of imide groups is 1. The van der Waals surface area contributed by atoms with Crippen molar-refractivity contribution in [3.05, 3.63) is 65.2 Å². The molecule has 0 radical (unpaired) electrons. The first-order chi connectivity index (χ1) is 12.7. The molecule has 2 aromatic rings. The summed E-state index contributed by atoms with van der Waals surface area (Å²) in [7, 11) is -2.53. The molecule has 6 nitrogen and oxygen atoms in total. The Morgan fingerprint density at radius 3 is 2.33 bits per heavy atom. The lowest BCUT2D eigenvalue weighted by molar-refractivity contribution is -0.139. The number of hydrogen-bond acceptors (Lipinski definition) is 4. The Balaban J connectivity index is 1.84. The highest BCUT2D eigenvalue weighted by molar-refractivity contribution is 7.89. The molecule has 27 heavy (non-hydrogen) atoms. The maximum atomic E-state index is 12.9. The number of aryl methyl sites for hydroxylation is 2. The molecule has 142 valence electrons. The molecule has 1 atom stereocenters. The summed E-state index contributed by atoms with van der Waals surface area (Å²) in [6, 6.07) is 13.0. The molecule has 0 aliphatic carbocycles. The lowest BCUT2D eigenvalue weighted by Crippen LogP contribution is -2.42. The fourth-order valence-corrected chi connectivity index (χ4v) is 4.49. The fourth-order valence-electron chi connectivity index (χ4n) is 3.09. The van der Waals surface area contributed by atoms with Crippen molar-refractivity contribution in [2.75, 3.05) is 7.05 Å². The number of benzene rings is 2. The molecule has 0 unspecified atom stereocenters. The predicted octanol–water partition coefficient (Wildman–Crippen LogP) is 2.25. The van der Waals surface area contributed by atoms with Crippen LogP contribution in [-0.2, 0) is 26.2 Å². The second-order valence-corrected chi connectivity index (χ2v) is 8.79. The molecule has 3 rings (SSSR count). The highest BCUT2D eigenvalue weighted by Gasteiger charge is 2.44. The summed E-state index contributed by atoms with van der Waals surface area (Å²) in [5.41, 5.74) is 2.65. The number of hydrogen-bond donors (Lipinski definition) is 0. The van der Waals surface area contributed by atoms with Gasteiger partial charge in [0.15, 0.2) is 0 Å². The van der Waals surface area contributed by atoms with Gasteiger partial charge in [-0.3, -0.25) is 14.5 Å². The van der Waals surface area contributed by atoms with E-state index in [4.69, 9.17) is 0 Å². The molecule has 2 amide bonds. The minimum absolute atomic E-state index is 0.120. The first-order valence-corrected chi connectivity index (χ1v) is 10.1. The number of nitrogens with zero attached hydrogens (tertiary/aromatic N) is 2. The molecule has 1 saturated heterocycles. The minimum Gasteiger partial charge on any atom is -0.277 e. The van der Waals surface area contributed by atoms with E-state index in [1.54, 1.807) is 12.1 Å². The molecule has 2 aromatic carbocycles. The van der Waals surface area contributed by atoms with Crippen LogP contribution >= 0.6 is 0 Å². The highest BCUT2D eigenvalue weighted by atomic mass is 32.2. The maximum absolute atomic E-state index is 12.9. The van der Waals surface area contributed by atoms with E-state index in [9.17, 15) is 18.0 Å². The average molecular weight is 386 g/mol. The predicted molar refractivity (Wildman–Crippen MR) is 101 cm³/mol. The molecular formula is C20H22N2O4S. The Morgan fingerprint density at radius 1 is 1.04 bits per heavy atom. The summed E-state index contributed by atoms with van der Waals surface area (Å²) < 4.78 is 26.9. The van der Waals surface area contributed by atoms with Crippen LogP contribution in [0.1, 0.15) is 23.1 Å². The van der Waals surface area contributed by atoms with Crippen LogP contribution in [-0.4, -0.2) is 42.5 Å². The van der Waals surface area contributed by atoms with Gasteiger partial charge in [-0.15, -0.1) is 0 Å². The molecule has 1 aliphatic heterocycles. The highest BCUT2D eigenvalue weighted by Crippen LogP contribution is 2.26. The molecule has 0 N–H and O–H groups in total. The average Bonchev–Trinajstić information content (AvgIpc) is 2.92. The van der Waals surface area contributed by atoms with Gasteiger partial charge in [0.1, 0.15) is 6.04 Å². The summed E-state index contributed by atoms with van der Waals surface area (Å²) >= 11 is 0. The van der Waals surface area contributed by atoms with Crippen molar-refractivity contribution in [1.82, 2.24) is 9.21 Å². The van der Waals surface area contributed by atoms with Gasteiger partial charge in [0.05, 0.1) is 17.9 Å². The fraction of sp³-hybridized carbons (Fsp3) is 0.300. The number of likely N-dealkylation sites (tertiary alicyclic amines) is 1. The van der Waals surface area contributed by atoms with E-state index in [0.29, 0.717) is 0 Å². The molecule has 1 heterocycles. The lowest BCUT2D eigenvalue weighted by Gasteiger charge is -2.23. The van der Waals surface area contributed by atoms with Crippen molar-refractivity contribution in [3.63, 3.8) is 0 Å². The number of amides is 2. The summed E-state index contributed by atoms with van der Waals surface area (Å²) in [5.74, 6) is -0.852.